The van der Waals surface area contributed by atoms with Crippen LogP contribution in [0.3, 0.4) is 0 Å². The van der Waals surface area contributed by atoms with Crippen LogP contribution in [0.2, 0.25) is 0 Å². The molecule has 0 heterocycles. The van der Waals surface area contributed by atoms with Crippen LogP contribution in [0.5, 0.6) is 0 Å². The normalized spacial score (nSPS) is 9.14. The van der Waals surface area contributed by atoms with E-state index in [1.165, 1.54) is 0 Å². The Labute approximate surface area is 118 Å². The number of phosphoric acid groups is 2. The number of rotatable bonds is 2. The van der Waals surface area contributed by atoms with E-state index < -0.39 is 15.6 Å². The van der Waals surface area contributed by atoms with Crippen LogP contribution in [-0.4, -0.2) is 49.8 Å². The molecular weight excluding hydrogens is 574 g/mol. The summed E-state index contributed by atoms with van der Waals surface area (Å²) in [6, 6.07) is 0. The fourth-order valence-corrected chi connectivity index (χ4v) is 1.25. The Morgan fingerprint density at radius 3 is 1.07 bits per heavy atom. The average molecular weight is 584 g/mol. The molecule has 0 bridgehead atoms. The van der Waals surface area contributed by atoms with Gasteiger partial charge in [0.25, 0.3) is 0 Å². The van der Waals surface area contributed by atoms with Crippen molar-refractivity contribution in [2.24, 2.45) is 0 Å². The van der Waals surface area contributed by atoms with Gasteiger partial charge in [0.05, 0.1) is 0 Å². The second-order valence-corrected chi connectivity index (χ2v) is 3.68. The van der Waals surface area contributed by atoms with Crippen molar-refractivity contribution in [1.82, 2.24) is 0 Å². The van der Waals surface area contributed by atoms with Crippen molar-refractivity contribution >= 4 is 77.8 Å². The van der Waals surface area contributed by atoms with Crippen LogP contribution in [0.1, 0.15) is 0 Å². The monoisotopic (exact) mass is 584 g/mol. The number of halogens is 1. The molecule has 0 unspecified atom stereocenters. The first-order valence-corrected chi connectivity index (χ1v) is 6.38. The first kappa shape index (κ1) is 29.7. The fourth-order valence-electron chi connectivity index (χ4n) is 0.139. The molecule has 0 atom stereocenters. The Balaban J connectivity index is -0.0000000505. The number of hydrogen-bond acceptors (Lipinski definition) is 4. The van der Waals surface area contributed by atoms with Crippen LogP contribution < -0.4 is 0 Å². The first-order valence-electron chi connectivity index (χ1n) is 1.73. The van der Waals surface area contributed by atoms with Gasteiger partial charge in [-0.3, -0.25) is 0 Å². The van der Waals surface area contributed by atoms with Gasteiger partial charge in [0.1, 0.15) is 0 Å². The molecule has 0 aromatic heterocycles. The predicted octanol–water partition coefficient (Wildman–Crippen LogP) is -1.67. The molecule has 0 fully saturated rings. The van der Waals surface area contributed by atoms with Gasteiger partial charge < -0.3 is 25.0 Å². The third-order valence-electron chi connectivity index (χ3n) is 0.213. The Kier molecular flexibility index (Phi) is 27.7. The predicted molar refractivity (Wildman–Crippen MR) is 62.4 cm³/mol. The molecule has 0 aromatic rings. The van der Waals surface area contributed by atoms with Gasteiger partial charge in [-0.25, -0.2) is 9.13 Å². The molecule has 0 aliphatic carbocycles. The SMILES string of the molecule is I.O.O=P(O)(O)OP(=O)(O)O.S.[O]=[BiH]. The molecule has 14 heavy (non-hydrogen) atoms. The zero-order valence-electron chi connectivity index (χ0n) is 6.22. The zero-order valence-corrected chi connectivity index (χ0v) is 15.2. The van der Waals surface area contributed by atoms with E-state index >= 15 is 0 Å². The molecule has 0 saturated carbocycles. The molecule has 0 aliphatic rings. The third-order valence-corrected chi connectivity index (χ3v) is 1.91. The van der Waals surface area contributed by atoms with Crippen molar-refractivity contribution in [3.8, 4) is 0 Å². The maximum absolute atomic E-state index is 9.63. The van der Waals surface area contributed by atoms with Crippen molar-refractivity contribution in [3.63, 3.8) is 0 Å². The van der Waals surface area contributed by atoms with E-state index in [1.54, 1.807) is 0 Å². The Morgan fingerprint density at radius 2 is 1.07 bits per heavy atom. The summed E-state index contributed by atoms with van der Waals surface area (Å²) < 4.78 is 30.6. The van der Waals surface area contributed by atoms with E-state index in [1.807, 2.05) is 0 Å². The van der Waals surface area contributed by atoms with Gasteiger partial charge in [0.2, 0.25) is 0 Å². The van der Waals surface area contributed by atoms with E-state index in [2.05, 4.69) is 4.31 Å². The van der Waals surface area contributed by atoms with Gasteiger partial charge in [0.15, 0.2) is 0 Å². The molecule has 0 spiro atoms. The van der Waals surface area contributed by atoms with Crippen LogP contribution in [-0.2, 0) is 16.3 Å². The summed E-state index contributed by atoms with van der Waals surface area (Å²) >= 11 is 0.0556. The standard InChI is InChI=1S/Bi.HI.H4O7P2.H2O.O.H2S.H/c;;1-8(2,3)7-9(4,5)6;;;;/h;1H;(H2,1,2,3)(H2,4,5,6);1H2;;1H2;. The molecular formula is H10BiIO9P2S. The molecule has 14 heteroatoms. The summed E-state index contributed by atoms with van der Waals surface area (Å²) in [5, 5.41) is 0. The van der Waals surface area contributed by atoms with E-state index in [0.29, 0.717) is 0 Å². The maximum atomic E-state index is 9.63. The third kappa shape index (κ3) is 37.0. The van der Waals surface area contributed by atoms with Gasteiger partial charge in [0, 0.05) is 0 Å². The van der Waals surface area contributed by atoms with E-state index in [0.717, 1.165) is 0 Å². The quantitative estimate of drug-likeness (QED) is 0.170. The molecule has 0 rings (SSSR count). The Bertz CT molecular complexity index is 175. The van der Waals surface area contributed by atoms with E-state index in [4.69, 9.17) is 22.4 Å². The summed E-state index contributed by atoms with van der Waals surface area (Å²) in [5.41, 5.74) is 0. The minimum absolute atomic E-state index is 0. The summed E-state index contributed by atoms with van der Waals surface area (Å²) in [5.74, 6) is 0. The number of hydrogen-bond donors (Lipinski definition) is 4. The Hall–Kier alpha value is 1.98. The summed E-state index contributed by atoms with van der Waals surface area (Å²) in [6.07, 6.45) is 0. The molecule has 0 amide bonds. The first-order chi connectivity index (χ1) is 4.71. The van der Waals surface area contributed by atoms with Crippen LogP contribution in [0.15, 0.2) is 0 Å². The van der Waals surface area contributed by atoms with Crippen molar-refractivity contribution < 1.29 is 41.3 Å². The van der Waals surface area contributed by atoms with Crippen LogP contribution >= 0.6 is 53.1 Å². The average Bonchev–Trinajstić information content (AvgIpc) is 1.60. The van der Waals surface area contributed by atoms with Crippen LogP contribution in [0, 0.1) is 0 Å². The van der Waals surface area contributed by atoms with Gasteiger partial charge in [-0.1, -0.05) is 0 Å². The van der Waals surface area contributed by atoms with Gasteiger partial charge in [-0.2, -0.15) is 17.8 Å². The summed E-state index contributed by atoms with van der Waals surface area (Å²) in [7, 11) is -10.1. The van der Waals surface area contributed by atoms with Gasteiger partial charge in [-0.05, 0) is 0 Å². The van der Waals surface area contributed by atoms with Gasteiger partial charge >= 0.3 is 43.2 Å². The minimum atomic E-state index is -5.05. The molecule has 92 valence electrons. The molecule has 0 saturated heterocycles. The van der Waals surface area contributed by atoms with Crippen LogP contribution in [0.4, 0.5) is 0 Å². The van der Waals surface area contributed by atoms with Crippen molar-refractivity contribution in [2.45, 2.75) is 0 Å². The zero-order chi connectivity index (χ0) is 9.71. The summed E-state index contributed by atoms with van der Waals surface area (Å²) in [4.78, 5) is 31.0. The molecule has 0 aliphatic heterocycles. The Morgan fingerprint density at radius 1 is 0.929 bits per heavy atom. The van der Waals surface area contributed by atoms with E-state index in [9.17, 15) is 9.13 Å². The van der Waals surface area contributed by atoms with Crippen molar-refractivity contribution in [1.29, 1.82) is 0 Å². The topological polar surface area (TPSA) is 173 Å². The molecule has 0 radical (unpaired) electrons. The second kappa shape index (κ2) is 13.0. The summed E-state index contributed by atoms with van der Waals surface area (Å²) in [6.45, 7) is 0. The van der Waals surface area contributed by atoms with Gasteiger partial charge in [-0.15, -0.1) is 24.0 Å². The molecule has 9 nitrogen and oxygen atoms in total. The van der Waals surface area contributed by atoms with Crippen molar-refractivity contribution in [2.75, 3.05) is 0 Å². The molecule has 0 aromatic carbocycles. The van der Waals surface area contributed by atoms with Crippen molar-refractivity contribution in [3.05, 3.63) is 0 Å². The second-order valence-electron chi connectivity index (χ2n) is 1.06. The molecule has 6 N–H and O–H groups in total. The fraction of sp³-hybridized carbons (Fsp3) is 0. The van der Waals surface area contributed by atoms with E-state index in [-0.39, 0.29) is 67.7 Å². The van der Waals surface area contributed by atoms with Crippen LogP contribution in [0.25, 0.3) is 0 Å².